The monoisotopic (exact) mass is 335 g/mol. The number of hydrogen-bond donors (Lipinski definition) is 2. The maximum Gasteiger partial charge on any atom is 0.323 e. The second-order valence-corrected chi connectivity index (χ2v) is 5.02. The SMILES string of the molecule is COC(=O)CC(CC(=O)OC)N(CC(=O)O)C(=O)C(C)CS. The second kappa shape index (κ2) is 10.0. The number of esters is 2. The lowest BCUT2D eigenvalue weighted by Gasteiger charge is -2.31. The zero-order chi connectivity index (χ0) is 17.3. The number of hydrogen-bond acceptors (Lipinski definition) is 7. The Balaban J connectivity index is 5.39. The van der Waals surface area contributed by atoms with Crippen molar-refractivity contribution in [1.82, 2.24) is 4.90 Å². The molecular formula is C13H21NO7S. The van der Waals surface area contributed by atoms with E-state index in [4.69, 9.17) is 5.11 Å². The van der Waals surface area contributed by atoms with Crippen molar-refractivity contribution in [1.29, 1.82) is 0 Å². The molecular weight excluding hydrogens is 314 g/mol. The summed E-state index contributed by atoms with van der Waals surface area (Å²) < 4.78 is 9.05. The van der Waals surface area contributed by atoms with Crippen molar-refractivity contribution in [3.8, 4) is 0 Å². The minimum absolute atomic E-state index is 0.206. The highest BCUT2D eigenvalue weighted by molar-refractivity contribution is 7.80. The van der Waals surface area contributed by atoms with Crippen molar-refractivity contribution < 1.29 is 33.8 Å². The van der Waals surface area contributed by atoms with Gasteiger partial charge in [-0.2, -0.15) is 12.6 Å². The van der Waals surface area contributed by atoms with Gasteiger partial charge in [-0.25, -0.2) is 0 Å². The molecule has 0 heterocycles. The van der Waals surface area contributed by atoms with E-state index in [1.165, 1.54) is 0 Å². The maximum absolute atomic E-state index is 12.3. The summed E-state index contributed by atoms with van der Waals surface area (Å²) in [5, 5.41) is 8.97. The van der Waals surface area contributed by atoms with E-state index in [0.717, 1.165) is 19.1 Å². The highest BCUT2D eigenvalue weighted by atomic mass is 32.1. The van der Waals surface area contributed by atoms with Gasteiger partial charge in [0, 0.05) is 11.7 Å². The quantitative estimate of drug-likeness (QED) is 0.449. The molecule has 0 aromatic carbocycles. The topological polar surface area (TPSA) is 110 Å². The number of carbonyl (C=O) groups is 4. The zero-order valence-electron chi connectivity index (χ0n) is 12.8. The van der Waals surface area contributed by atoms with Crippen LogP contribution in [-0.4, -0.2) is 66.4 Å². The molecule has 0 bridgehead atoms. The van der Waals surface area contributed by atoms with Gasteiger partial charge in [0.1, 0.15) is 6.54 Å². The molecule has 1 N–H and O–H groups in total. The van der Waals surface area contributed by atoms with Gasteiger partial charge in [-0.1, -0.05) is 6.92 Å². The number of carbonyl (C=O) groups excluding carboxylic acids is 3. The minimum atomic E-state index is -1.25. The summed E-state index contributed by atoms with van der Waals surface area (Å²) in [6, 6.07) is -0.953. The number of carboxylic acid groups (broad SMARTS) is 1. The third-order valence-corrected chi connectivity index (χ3v) is 3.53. The molecule has 0 radical (unpaired) electrons. The number of carboxylic acids is 1. The molecule has 0 aliphatic rings. The molecule has 0 saturated heterocycles. The number of ether oxygens (including phenoxy) is 2. The first-order valence-electron chi connectivity index (χ1n) is 6.53. The number of rotatable bonds is 9. The van der Waals surface area contributed by atoms with Gasteiger partial charge in [0.25, 0.3) is 0 Å². The van der Waals surface area contributed by atoms with Crippen LogP contribution in [0.2, 0.25) is 0 Å². The Morgan fingerprint density at radius 3 is 1.86 bits per heavy atom. The van der Waals surface area contributed by atoms with Crippen molar-refractivity contribution in [2.45, 2.75) is 25.8 Å². The predicted octanol–water partition coefficient (Wildman–Crippen LogP) is -0.0397. The molecule has 1 amide bonds. The van der Waals surface area contributed by atoms with Gasteiger partial charge in [-0.05, 0) is 0 Å². The number of nitrogens with zero attached hydrogens (tertiary/aromatic N) is 1. The van der Waals surface area contributed by atoms with Gasteiger partial charge >= 0.3 is 17.9 Å². The molecule has 0 fully saturated rings. The van der Waals surface area contributed by atoms with Gasteiger partial charge in [-0.15, -0.1) is 0 Å². The first-order chi connectivity index (χ1) is 10.3. The Morgan fingerprint density at radius 2 is 1.55 bits per heavy atom. The van der Waals surface area contributed by atoms with E-state index in [9.17, 15) is 19.2 Å². The smallest absolute Gasteiger partial charge is 0.323 e. The lowest BCUT2D eigenvalue weighted by atomic mass is 10.1. The second-order valence-electron chi connectivity index (χ2n) is 4.66. The highest BCUT2D eigenvalue weighted by Crippen LogP contribution is 2.15. The van der Waals surface area contributed by atoms with E-state index >= 15 is 0 Å². The molecule has 0 saturated carbocycles. The number of methoxy groups -OCH3 is 2. The van der Waals surface area contributed by atoms with E-state index in [1.807, 2.05) is 0 Å². The van der Waals surface area contributed by atoms with Crippen LogP contribution in [-0.2, 0) is 28.7 Å². The Bertz CT molecular complexity index is 409. The molecule has 0 aliphatic carbocycles. The normalized spacial score (nSPS) is 11.7. The Hall–Kier alpha value is -1.77. The van der Waals surface area contributed by atoms with Crippen molar-refractivity contribution in [3.63, 3.8) is 0 Å². The van der Waals surface area contributed by atoms with E-state index < -0.39 is 42.3 Å². The fourth-order valence-electron chi connectivity index (χ4n) is 1.74. The third-order valence-electron chi connectivity index (χ3n) is 2.98. The fraction of sp³-hybridized carbons (Fsp3) is 0.692. The van der Waals surface area contributed by atoms with Crippen LogP contribution in [0.4, 0.5) is 0 Å². The molecule has 0 spiro atoms. The highest BCUT2D eigenvalue weighted by Gasteiger charge is 2.32. The van der Waals surface area contributed by atoms with Crippen LogP contribution in [0.25, 0.3) is 0 Å². The lowest BCUT2D eigenvalue weighted by molar-refractivity contribution is -0.153. The van der Waals surface area contributed by atoms with Crippen LogP contribution in [0.15, 0.2) is 0 Å². The summed E-state index contributed by atoms with van der Waals surface area (Å²) >= 11 is 4.01. The van der Waals surface area contributed by atoms with Gasteiger partial charge in [0.05, 0.1) is 33.1 Å². The summed E-state index contributed by atoms with van der Waals surface area (Å²) in [5.74, 6) is -3.42. The van der Waals surface area contributed by atoms with Crippen LogP contribution < -0.4 is 0 Å². The van der Waals surface area contributed by atoms with E-state index in [0.29, 0.717) is 0 Å². The van der Waals surface area contributed by atoms with E-state index in [-0.39, 0.29) is 18.6 Å². The number of aliphatic carboxylic acids is 1. The van der Waals surface area contributed by atoms with E-state index in [1.54, 1.807) is 6.92 Å². The number of thiol groups is 1. The lowest BCUT2D eigenvalue weighted by Crippen LogP contribution is -2.48. The summed E-state index contributed by atoms with van der Waals surface area (Å²) in [6.45, 7) is 0.952. The Kier molecular flexibility index (Phi) is 9.23. The van der Waals surface area contributed by atoms with Crippen LogP contribution in [0, 0.1) is 5.92 Å². The van der Waals surface area contributed by atoms with Crippen LogP contribution in [0.5, 0.6) is 0 Å². The predicted molar refractivity (Wildman–Crippen MR) is 79.4 cm³/mol. The maximum atomic E-state index is 12.3. The molecule has 8 nitrogen and oxygen atoms in total. The van der Waals surface area contributed by atoms with Crippen LogP contribution in [0.1, 0.15) is 19.8 Å². The summed E-state index contributed by atoms with van der Waals surface area (Å²) in [5.41, 5.74) is 0. The van der Waals surface area contributed by atoms with Crippen molar-refractivity contribution in [2.75, 3.05) is 26.5 Å². The third kappa shape index (κ3) is 6.79. The summed E-state index contributed by atoms with van der Waals surface area (Å²) in [6.07, 6.45) is -0.603. The van der Waals surface area contributed by atoms with Crippen molar-refractivity contribution >= 4 is 36.4 Å². The largest absolute Gasteiger partial charge is 0.480 e. The average Bonchev–Trinajstić information content (AvgIpc) is 2.49. The molecule has 126 valence electrons. The van der Waals surface area contributed by atoms with Crippen molar-refractivity contribution in [3.05, 3.63) is 0 Å². The Labute approximate surface area is 134 Å². The number of amides is 1. The molecule has 0 aliphatic heterocycles. The molecule has 9 heteroatoms. The van der Waals surface area contributed by atoms with Crippen molar-refractivity contribution in [2.24, 2.45) is 5.92 Å². The van der Waals surface area contributed by atoms with E-state index in [2.05, 4.69) is 22.1 Å². The standard InChI is InChI=1S/C13H21NO7S/c1-8(7-22)13(19)14(6-10(15)16)9(4-11(17)20-2)5-12(18)21-3/h8-9,22H,4-7H2,1-3H3,(H,15,16). The van der Waals surface area contributed by atoms with Gasteiger partial charge in [0.15, 0.2) is 0 Å². The van der Waals surface area contributed by atoms with Crippen LogP contribution >= 0.6 is 12.6 Å². The molecule has 0 aromatic heterocycles. The molecule has 0 aromatic rings. The Morgan fingerprint density at radius 1 is 1.09 bits per heavy atom. The van der Waals surface area contributed by atoms with Gasteiger partial charge in [0.2, 0.25) is 5.91 Å². The van der Waals surface area contributed by atoms with Gasteiger partial charge < -0.3 is 19.5 Å². The molecule has 0 rings (SSSR count). The average molecular weight is 335 g/mol. The zero-order valence-corrected chi connectivity index (χ0v) is 13.7. The summed E-state index contributed by atoms with van der Waals surface area (Å²) in [7, 11) is 2.33. The fourth-order valence-corrected chi connectivity index (χ4v) is 1.89. The molecule has 1 atom stereocenters. The molecule has 22 heavy (non-hydrogen) atoms. The van der Waals surface area contributed by atoms with Crippen LogP contribution in [0.3, 0.4) is 0 Å². The molecule has 1 unspecified atom stereocenters. The van der Waals surface area contributed by atoms with Gasteiger partial charge in [-0.3, -0.25) is 19.2 Å². The first kappa shape index (κ1) is 20.2. The minimum Gasteiger partial charge on any atom is -0.480 e. The summed E-state index contributed by atoms with van der Waals surface area (Å²) in [4.78, 5) is 47.2. The first-order valence-corrected chi connectivity index (χ1v) is 7.16.